The molecule has 17 heavy (non-hydrogen) atoms. The summed E-state index contributed by atoms with van der Waals surface area (Å²) in [7, 11) is 0. The van der Waals surface area contributed by atoms with Gasteiger partial charge >= 0.3 is 0 Å². The van der Waals surface area contributed by atoms with E-state index in [2.05, 4.69) is 40.5 Å². The minimum Gasteiger partial charge on any atom is -0.311 e. The molecule has 0 fully saturated rings. The lowest BCUT2D eigenvalue weighted by Crippen LogP contribution is -2.19. The standard InChI is InChI=1S/C13H18N4/c1-2-17-13(6-10-16-17)11-15-9-5-12-3-7-14-8-4-12/h3-4,6-8,10,15H,2,5,9,11H2,1H3. The lowest BCUT2D eigenvalue weighted by molar-refractivity contribution is 0.582. The molecule has 0 aliphatic carbocycles. The van der Waals surface area contributed by atoms with Gasteiger partial charge in [-0.05, 0) is 43.7 Å². The van der Waals surface area contributed by atoms with Crippen molar-refractivity contribution in [3.05, 3.63) is 48.0 Å². The van der Waals surface area contributed by atoms with E-state index < -0.39 is 0 Å². The molecule has 0 spiro atoms. The monoisotopic (exact) mass is 230 g/mol. The van der Waals surface area contributed by atoms with Crippen LogP contribution in [0.15, 0.2) is 36.8 Å². The van der Waals surface area contributed by atoms with Gasteiger partial charge in [0.05, 0.1) is 5.69 Å². The highest BCUT2D eigenvalue weighted by atomic mass is 15.3. The summed E-state index contributed by atoms with van der Waals surface area (Å²) in [4.78, 5) is 4.00. The van der Waals surface area contributed by atoms with E-state index in [1.165, 1.54) is 11.3 Å². The number of rotatable bonds is 6. The molecule has 0 aromatic carbocycles. The third-order valence-electron chi connectivity index (χ3n) is 2.75. The van der Waals surface area contributed by atoms with Gasteiger partial charge in [-0.3, -0.25) is 9.67 Å². The van der Waals surface area contributed by atoms with Crippen molar-refractivity contribution in [2.24, 2.45) is 0 Å². The number of aromatic nitrogens is 3. The van der Waals surface area contributed by atoms with Crippen LogP contribution in [-0.2, 0) is 19.5 Å². The van der Waals surface area contributed by atoms with E-state index in [1.54, 1.807) is 0 Å². The first-order valence-corrected chi connectivity index (χ1v) is 6.00. The Morgan fingerprint density at radius 2 is 2.00 bits per heavy atom. The lowest BCUT2D eigenvalue weighted by Gasteiger charge is -2.06. The predicted octanol–water partition coefficient (Wildman–Crippen LogP) is 1.63. The topological polar surface area (TPSA) is 42.7 Å². The summed E-state index contributed by atoms with van der Waals surface area (Å²) in [6.07, 6.45) is 6.55. The summed E-state index contributed by atoms with van der Waals surface area (Å²) in [5, 5.41) is 7.67. The number of aryl methyl sites for hydroxylation is 1. The number of nitrogens with one attached hydrogen (secondary N) is 1. The second-order valence-electron chi connectivity index (χ2n) is 3.92. The second kappa shape index (κ2) is 6.15. The molecule has 0 saturated carbocycles. The van der Waals surface area contributed by atoms with Crippen LogP contribution in [-0.4, -0.2) is 21.3 Å². The molecule has 1 N–H and O–H groups in total. The zero-order valence-electron chi connectivity index (χ0n) is 10.1. The zero-order valence-corrected chi connectivity index (χ0v) is 10.1. The Kier molecular flexibility index (Phi) is 4.27. The SMILES string of the molecule is CCn1nccc1CNCCc1ccncc1. The maximum absolute atomic E-state index is 4.24. The Balaban J connectivity index is 1.73. The second-order valence-corrected chi connectivity index (χ2v) is 3.92. The van der Waals surface area contributed by atoms with Gasteiger partial charge in [0.25, 0.3) is 0 Å². The van der Waals surface area contributed by atoms with E-state index in [4.69, 9.17) is 0 Å². The zero-order chi connectivity index (χ0) is 11.9. The fourth-order valence-corrected chi connectivity index (χ4v) is 1.79. The van der Waals surface area contributed by atoms with Gasteiger partial charge in [-0.25, -0.2) is 0 Å². The highest BCUT2D eigenvalue weighted by Gasteiger charge is 1.99. The quantitative estimate of drug-likeness (QED) is 0.767. The van der Waals surface area contributed by atoms with Crippen LogP contribution in [0.1, 0.15) is 18.2 Å². The molecule has 2 rings (SSSR count). The molecule has 0 amide bonds. The minimum absolute atomic E-state index is 0.874. The molecule has 4 heteroatoms. The van der Waals surface area contributed by atoms with Crippen molar-refractivity contribution in [1.29, 1.82) is 0 Å². The van der Waals surface area contributed by atoms with E-state index in [-0.39, 0.29) is 0 Å². The van der Waals surface area contributed by atoms with E-state index >= 15 is 0 Å². The molecule has 0 radical (unpaired) electrons. The van der Waals surface area contributed by atoms with Gasteiger partial charge in [0.2, 0.25) is 0 Å². The molecule has 2 aromatic heterocycles. The lowest BCUT2D eigenvalue weighted by atomic mass is 10.2. The number of pyridine rings is 1. The van der Waals surface area contributed by atoms with E-state index in [1.807, 2.05) is 23.3 Å². The third-order valence-corrected chi connectivity index (χ3v) is 2.75. The summed E-state index contributed by atoms with van der Waals surface area (Å²) in [5.41, 5.74) is 2.55. The molecule has 0 saturated heterocycles. The highest BCUT2D eigenvalue weighted by Crippen LogP contribution is 1.99. The van der Waals surface area contributed by atoms with Crippen LogP contribution < -0.4 is 5.32 Å². The maximum Gasteiger partial charge on any atom is 0.0521 e. The van der Waals surface area contributed by atoms with Gasteiger partial charge in [-0.2, -0.15) is 5.10 Å². The van der Waals surface area contributed by atoms with Crippen molar-refractivity contribution in [1.82, 2.24) is 20.1 Å². The van der Waals surface area contributed by atoms with Crippen molar-refractivity contribution in [3.63, 3.8) is 0 Å². The molecule has 0 unspecified atom stereocenters. The molecule has 0 bridgehead atoms. The fourth-order valence-electron chi connectivity index (χ4n) is 1.79. The van der Waals surface area contributed by atoms with Crippen molar-refractivity contribution in [3.8, 4) is 0 Å². The number of hydrogen-bond donors (Lipinski definition) is 1. The fraction of sp³-hybridized carbons (Fsp3) is 0.385. The minimum atomic E-state index is 0.874. The molecule has 0 aliphatic rings. The molecule has 2 heterocycles. The van der Waals surface area contributed by atoms with Crippen molar-refractivity contribution < 1.29 is 0 Å². The largest absolute Gasteiger partial charge is 0.311 e. The van der Waals surface area contributed by atoms with Crippen LogP contribution >= 0.6 is 0 Å². The molecule has 4 nitrogen and oxygen atoms in total. The normalized spacial score (nSPS) is 10.6. The Bertz CT molecular complexity index is 436. The Morgan fingerprint density at radius 3 is 2.76 bits per heavy atom. The molecule has 0 atom stereocenters. The Morgan fingerprint density at radius 1 is 1.18 bits per heavy atom. The van der Waals surface area contributed by atoms with Crippen molar-refractivity contribution >= 4 is 0 Å². The van der Waals surface area contributed by atoms with E-state index in [0.29, 0.717) is 0 Å². The maximum atomic E-state index is 4.24. The molecular weight excluding hydrogens is 212 g/mol. The molecule has 2 aromatic rings. The van der Waals surface area contributed by atoms with Crippen LogP contribution in [0.5, 0.6) is 0 Å². The average Bonchev–Trinajstić information content (AvgIpc) is 2.83. The third kappa shape index (κ3) is 3.39. The highest BCUT2D eigenvalue weighted by molar-refractivity contribution is 5.10. The van der Waals surface area contributed by atoms with Gasteiger partial charge in [0.1, 0.15) is 0 Å². The first-order valence-electron chi connectivity index (χ1n) is 6.00. The number of nitrogens with zero attached hydrogens (tertiary/aromatic N) is 3. The summed E-state index contributed by atoms with van der Waals surface area (Å²) in [6.45, 7) is 4.87. The van der Waals surface area contributed by atoms with Crippen LogP contribution in [0.3, 0.4) is 0 Å². The Labute approximate surface area is 102 Å². The van der Waals surface area contributed by atoms with Crippen LogP contribution in [0, 0.1) is 0 Å². The summed E-state index contributed by atoms with van der Waals surface area (Å²) in [5.74, 6) is 0. The number of hydrogen-bond acceptors (Lipinski definition) is 3. The summed E-state index contributed by atoms with van der Waals surface area (Å²) < 4.78 is 2.01. The van der Waals surface area contributed by atoms with Gasteiger partial charge in [-0.15, -0.1) is 0 Å². The predicted molar refractivity (Wildman–Crippen MR) is 67.5 cm³/mol. The van der Waals surface area contributed by atoms with Gasteiger partial charge in [-0.1, -0.05) is 0 Å². The van der Waals surface area contributed by atoms with Crippen LogP contribution in [0.2, 0.25) is 0 Å². The summed E-state index contributed by atoms with van der Waals surface area (Å²) in [6, 6.07) is 6.17. The van der Waals surface area contributed by atoms with Gasteiger partial charge in [0.15, 0.2) is 0 Å². The summed E-state index contributed by atoms with van der Waals surface area (Å²) >= 11 is 0. The molecule has 0 aliphatic heterocycles. The van der Waals surface area contributed by atoms with Gasteiger partial charge in [0, 0.05) is 31.7 Å². The van der Waals surface area contributed by atoms with Gasteiger partial charge < -0.3 is 5.32 Å². The van der Waals surface area contributed by atoms with Crippen molar-refractivity contribution in [2.45, 2.75) is 26.4 Å². The Hall–Kier alpha value is -1.68. The molecular formula is C13H18N4. The first-order chi connectivity index (χ1) is 8.40. The van der Waals surface area contributed by atoms with Crippen LogP contribution in [0.4, 0.5) is 0 Å². The van der Waals surface area contributed by atoms with E-state index in [0.717, 1.165) is 26.1 Å². The molecule has 90 valence electrons. The van der Waals surface area contributed by atoms with Crippen LogP contribution in [0.25, 0.3) is 0 Å². The van der Waals surface area contributed by atoms with E-state index in [9.17, 15) is 0 Å². The van der Waals surface area contributed by atoms with Crippen molar-refractivity contribution in [2.75, 3.05) is 6.54 Å². The smallest absolute Gasteiger partial charge is 0.0521 e. The average molecular weight is 230 g/mol. The first kappa shape index (κ1) is 11.8.